The second kappa shape index (κ2) is 2.62. The number of hydrogen-bond acceptors (Lipinski definition) is 0. The molecule has 3 atom stereocenters. The van der Waals surface area contributed by atoms with Gasteiger partial charge in [-0.05, 0) is 47.6 Å². The Morgan fingerprint density at radius 1 is 1.29 bits per heavy atom. The molecule has 2 aliphatic rings. The van der Waals surface area contributed by atoms with Crippen molar-refractivity contribution in [3.05, 3.63) is 35.4 Å². The first kappa shape index (κ1) is 8.52. The van der Waals surface area contributed by atoms with Crippen LogP contribution in [0.4, 0.5) is 0 Å². The second-order valence-corrected chi connectivity index (χ2v) is 5.37. The Hall–Kier alpha value is -0.780. The molecule has 0 nitrogen and oxygen atoms in total. The van der Waals surface area contributed by atoms with Gasteiger partial charge in [0.1, 0.15) is 0 Å². The van der Waals surface area contributed by atoms with Crippen LogP contribution in [-0.4, -0.2) is 0 Å². The van der Waals surface area contributed by atoms with E-state index in [4.69, 9.17) is 0 Å². The van der Waals surface area contributed by atoms with Crippen molar-refractivity contribution in [3.63, 3.8) is 0 Å². The second-order valence-electron chi connectivity index (χ2n) is 5.37. The molecule has 0 spiro atoms. The highest BCUT2D eigenvalue weighted by atomic mass is 14.5. The van der Waals surface area contributed by atoms with Crippen LogP contribution in [0, 0.1) is 11.8 Å². The van der Waals surface area contributed by atoms with Crippen LogP contribution in [0.15, 0.2) is 24.3 Å². The van der Waals surface area contributed by atoms with E-state index in [1.165, 1.54) is 19.3 Å². The smallest absolute Gasteiger partial charge is 0.00441 e. The zero-order chi connectivity index (χ0) is 9.76. The monoisotopic (exact) mass is 186 g/mol. The molecule has 2 aliphatic carbocycles. The van der Waals surface area contributed by atoms with Crippen molar-refractivity contribution in [2.45, 2.75) is 38.5 Å². The first-order valence-corrected chi connectivity index (χ1v) is 5.80. The molecule has 2 bridgehead atoms. The Kier molecular flexibility index (Phi) is 1.60. The molecule has 1 unspecified atom stereocenters. The van der Waals surface area contributed by atoms with Crippen molar-refractivity contribution < 1.29 is 0 Å². The van der Waals surface area contributed by atoms with Crippen molar-refractivity contribution >= 4 is 0 Å². The lowest BCUT2D eigenvalue weighted by molar-refractivity contribution is 0.282. The maximum atomic E-state index is 2.47. The highest BCUT2D eigenvalue weighted by molar-refractivity contribution is 5.39. The van der Waals surface area contributed by atoms with E-state index < -0.39 is 0 Å². The molecule has 0 radical (unpaired) electrons. The van der Waals surface area contributed by atoms with E-state index >= 15 is 0 Å². The molecule has 0 saturated heterocycles. The van der Waals surface area contributed by atoms with Crippen LogP contribution < -0.4 is 0 Å². The summed E-state index contributed by atoms with van der Waals surface area (Å²) in [4.78, 5) is 0. The number of rotatable bonds is 0. The largest absolute Gasteiger partial charge is 0.0620 e. The van der Waals surface area contributed by atoms with E-state index in [1.807, 2.05) is 0 Å². The van der Waals surface area contributed by atoms with Crippen LogP contribution >= 0.6 is 0 Å². The molecule has 0 amide bonds. The summed E-state index contributed by atoms with van der Waals surface area (Å²) in [7, 11) is 0. The van der Waals surface area contributed by atoms with Gasteiger partial charge in [0, 0.05) is 0 Å². The fourth-order valence-corrected chi connectivity index (χ4v) is 3.68. The predicted octanol–water partition coefficient (Wildman–Crippen LogP) is 3.55. The Balaban J connectivity index is 2.20. The molecule has 3 rings (SSSR count). The summed E-state index contributed by atoms with van der Waals surface area (Å²) in [5, 5.41) is 0. The topological polar surface area (TPSA) is 0 Å². The van der Waals surface area contributed by atoms with Gasteiger partial charge in [0.15, 0.2) is 0 Å². The molecule has 14 heavy (non-hydrogen) atoms. The van der Waals surface area contributed by atoms with Crippen LogP contribution in [0.2, 0.25) is 0 Å². The number of benzene rings is 1. The minimum Gasteiger partial charge on any atom is -0.0620 e. The molecule has 1 saturated carbocycles. The first-order valence-electron chi connectivity index (χ1n) is 5.80. The lowest BCUT2D eigenvalue weighted by Gasteiger charge is -2.38. The van der Waals surface area contributed by atoms with Crippen molar-refractivity contribution in [1.82, 2.24) is 0 Å². The fraction of sp³-hybridized carbons (Fsp3) is 0.571. The van der Waals surface area contributed by atoms with Gasteiger partial charge in [0.25, 0.3) is 0 Å². The Labute approximate surface area is 86.3 Å². The van der Waals surface area contributed by atoms with E-state index in [9.17, 15) is 0 Å². The Bertz CT molecular complexity index is 366. The van der Waals surface area contributed by atoms with E-state index in [1.54, 1.807) is 11.1 Å². The Morgan fingerprint density at radius 3 is 2.93 bits per heavy atom. The quantitative estimate of drug-likeness (QED) is 0.581. The normalized spacial score (nSPS) is 39.6. The van der Waals surface area contributed by atoms with Crippen molar-refractivity contribution in [2.24, 2.45) is 11.8 Å². The molecule has 1 aromatic carbocycles. The molecule has 1 aromatic rings. The number of fused-ring (bicyclic) bond motifs is 4. The van der Waals surface area contributed by atoms with Crippen molar-refractivity contribution in [3.8, 4) is 0 Å². The molecule has 1 fully saturated rings. The van der Waals surface area contributed by atoms with E-state index in [0.29, 0.717) is 5.41 Å². The van der Waals surface area contributed by atoms with Gasteiger partial charge in [-0.25, -0.2) is 0 Å². The highest BCUT2D eigenvalue weighted by Gasteiger charge is 2.47. The van der Waals surface area contributed by atoms with E-state index in [-0.39, 0.29) is 0 Å². The van der Waals surface area contributed by atoms with Crippen LogP contribution in [0.25, 0.3) is 0 Å². The average Bonchev–Trinajstić information content (AvgIpc) is 2.42. The van der Waals surface area contributed by atoms with E-state index in [2.05, 4.69) is 38.1 Å². The van der Waals surface area contributed by atoms with Crippen molar-refractivity contribution in [2.75, 3.05) is 0 Å². The van der Waals surface area contributed by atoms with Crippen LogP contribution in [0.1, 0.15) is 37.8 Å². The molecule has 0 heterocycles. The molecular formula is C14H18. The van der Waals surface area contributed by atoms with Gasteiger partial charge in [-0.15, -0.1) is 0 Å². The first-order chi connectivity index (χ1) is 6.72. The average molecular weight is 186 g/mol. The van der Waals surface area contributed by atoms with Crippen LogP contribution in [-0.2, 0) is 11.8 Å². The van der Waals surface area contributed by atoms with Gasteiger partial charge >= 0.3 is 0 Å². The van der Waals surface area contributed by atoms with Gasteiger partial charge in [-0.3, -0.25) is 0 Å². The lowest BCUT2D eigenvalue weighted by Crippen LogP contribution is -2.33. The molecular weight excluding hydrogens is 168 g/mol. The minimum atomic E-state index is 0.486. The van der Waals surface area contributed by atoms with Gasteiger partial charge < -0.3 is 0 Å². The van der Waals surface area contributed by atoms with Gasteiger partial charge in [-0.1, -0.05) is 38.1 Å². The minimum absolute atomic E-state index is 0.486. The lowest BCUT2D eigenvalue weighted by atomic mass is 9.66. The molecule has 0 aromatic heterocycles. The fourth-order valence-electron chi connectivity index (χ4n) is 3.68. The summed E-state index contributed by atoms with van der Waals surface area (Å²) in [5.41, 5.74) is 3.75. The third kappa shape index (κ3) is 0.893. The summed E-state index contributed by atoms with van der Waals surface area (Å²) in [6.45, 7) is 4.92. The zero-order valence-electron chi connectivity index (χ0n) is 9.09. The van der Waals surface area contributed by atoms with Crippen LogP contribution in [0.3, 0.4) is 0 Å². The standard InChI is InChI=1S/C14H18/c1-10-11-7-8-14(10,2)13-6-4-3-5-12(13)9-11/h3-6,10-11H,7-9H2,1-2H3/t10-,11+,14?/m1/s1. The molecule has 74 valence electrons. The van der Waals surface area contributed by atoms with Gasteiger partial charge in [0.2, 0.25) is 0 Å². The maximum Gasteiger partial charge on any atom is -0.00441 e. The molecule has 0 N–H and O–H groups in total. The Morgan fingerprint density at radius 2 is 2.07 bits per heavy atom. The predicted molar refractivity (Wildman–Crippen MR) is 59.4 cm³/mol. The van der Waals surface area contributed by atoms with Gasteiger partial charge in [-0.2, -0.15) is 0 Å². The summed E-state index contributed by atoms with van der Waals surface area (Å²) < 4.78 is 0. The summed E-state index contributed by atoms with van der Waals surface area (Å²) in [5.74, 6) is 1.84. The highest BCUT2D eigenvalue weighted by Crippen LogP contribution is 2.54. The summed E-state index contributed by atoms with van der Waals surface area (Å²) in [6.07, 6.45) is 4.16. The third-order valence-electron chi connectivity index (χ3n) is 4.86. The summed E-state index contributed by atoms with van der Waals surface area (Å²) >= 11 is 0. The zero-order valence-corrected chi connectivity index (χ0v) is 9.09. The van der Waals surface area contributed by atoms with E-state index in [0.717, 1.165) is 11.8 Å². The summed E-state index contributed by atoms with van der Waals surface area (Å²) in [6, 6.07) is 9.08. The van der Waals surface area contributed by atoms with Gasteiger partial charge in [0.05, 0.1) is 0 Å². The maximum absolute atomic E-state index is 2.47. The third-order valence-corrected chi connectivity index (χ3v) is 4.86. The molecule has 0 heteroatoms. The SMILES string of the molecule is C[C@@H]1[C@H]2CCC1(C)c1ccccc1C2. The van der Waals surface area contributed by atoms with Crippen LogP contribution in [0.5, 0.6) is 0 Å². The van der Waals surface area contributed by atoms with Crippen molar-refractivity contribution in [1.29, 1.82) is 0 Å². The number of hydrogen-bond donors (Lipinski definition) is 0. The molecule has 0 aliphatic heterocycles.